The number of hydrogen-bond acceptors (Lipinski definition) is 3. The van der Waals surface area contributed by atoms with Gasteiger partial charge in [-0.05, 0) is 54.4 Å². The number of alkyl halides is 3. The summed E-state index contributed by atoms with van der Waals surface area (Å²) in [4.78, 5) is 6.28. The quantitative estimate of drug-likeness (QED) is 0.623. The second-order valence-corrected chi connectivity index (χ2v) is 5.90. The first-order valence-corrected chi connectivity index (χ1v) is 7.83. The number of nitrogens with one attached hydrogen (secondary N) is 1. The minimum Gasteiger partial charge on any atom is -0.406 e. The van der Waals surface area contributed by atoms with Crippen molar-refractivity contribution in [2.24, 2.45) is 10.7 Å². The molecule has 0 fully saturated rings. The van der Waals surface area contributed by atoms with E-state index in [1.807, 2.05) is 38.1 Å². The van der Waals surface area contributed by atoms with Gasteiger partial charge in [0, 0.05) is 25.5 Å². The van der Waals surface area contributed by atoms with Crippen molar-refractivity contribution in [2.45, 2.75) is 19.8 Å². The molecule has 0 radical (unpaired) electrons. The number of guanidine groups is 1. The van der Waals surface area contributed by atoms with E-state index < -0.39 is 6.36 Å². The van der Waals surface area contributed by atoms with Crippen LogP contribution in [0.1, 0.15) is 11.1 Å². The van der Waals surface area contributed by atoms with Crippen LogP contribution in [0.25, 0.3) is 0 Å². The molecule has 0 heterocycles. The number of aliphatic imine (C=N–C) groups is 1. The van der Waals surface area contributed by atoms with Crippen molar-refractivity contribution in [3.63, 3.8) is 0 Å². The molecule has 2 aromatic rings. The lowest BCUT2D eigenvalue weighted by molar-refractivity contribution is -0.274. The molecule has 5 nitrogen and oxygen atoms in total. The second kappa shape index (κ2) is 7.99. The number of hydrogen-bond donors (Lipinski definition) is 2. The molecule has 0 aliphatic carbocycles. The third-order valence-electron chi connectivity index (χ3n) is 3.62. The first-order valence-electron chi connectivity index (χ1n) is 7.83. The van der Waals surface area contributed by atoms with Gasteiger partial charge in [0.1, 0.15) is 5.75 Å². The average molecular weight is 366 g/mol. The Bertz CT molecular complexity index is 771. The summed E-state index contributed by atoms with van der Waals surface area (Å²) in [5.74, 6) is -0.124. The first kappa shape index (κ1) is 19.4. The summed E-state index contributed by atoms with van der Waals surface area (Å²) in [6.07, 6.45) is -4.71. The molecule has 26 heavy (non-hydrogen) atoms. The molecule has 0 saturated carbocycles. The van der Waals surface area contributed by atoms with Crippen molar-refractivity contribution in [1.82, 2.24) is 0 Å². The van der Waals surface area contributed by atoms with Crippen molar-refractivity contribution in [3.8, 4) is 5.75 Å². The Balaban J connectivity index is 1.98. The predicted molar refractivity (Wildman–Crippen MR) is 97.6 cm³/mol. The maximum Gasteiger partial charge on any atom is 0.573 e. The van der Waals surface area contributed by atoms with Crippen LogP contribution < -0.4 is 20.7 Å². The smallest absolute Gasteiger partial charge is 0.406 e. The van der Waals surface area contributed by atoms with E-state index in [4.69, 9.17) is 5.73 Å². The van der Waals surface area contributed by atoms with Gasteiger partial charge < -0.3 is 20.7 Å². The van der Waals surface area contributed by atoms with Gasteiger partial charge in [-0.25, -0.2) is 4.99 Å². The Hall–Kier alpha value is -2.90. The Morgan fingerprint density at radius 2 is 1.81 bits per heavy atom. The van der Waals surface area contributed by atoms with Gasteiger partial charge in [0.15, 0.2) is 5.96 Å². The number of rotatable bonds is 5. The fourth-order valence-corrected chi connectivity index (χ4v) is 2.23. The molecule has 0 aliphatic heterocycles. The summed E-state index contributed by atoms with van der Waals surface area (Å²) < 4.78 is 40.2. The van der Waals surface area contributed by atoms with E-state index >= 15 is 0 Å². The Morgan fingerprint density at radius 3 is 2.35 bits per heavy atom. The van der Waals surface area contributed by atoms with Gasteiger partial charge in [-0.15, -0.1) is 13.2 Å². The lowest BCUT2D eigenvalue weighted by Gasteiger charge is -2.14. The van der Waals surface area contributed by atoms with E-state index in [-0.39, 0.29) is 11.7 Å². The molecule has 2 aromatic carbocycles. The lowest BCUT2D eigenvalue weighted by Crippen LogP contribution is -2.22. The highest BCUT2D eigenvalue weighted by molar-refractivity contribution is 5.92. The number of nitrogens with zero attached hydrogens (tertiary/aromatic N) is 2. The van der Waals surface area contributed by atoms with Crippen LogP contribution in [0.2, 0.25) is 0 Å². The van der Waals surface area contributed by atoms with E-state index in [0.717, 1.165) is 16.8 Å². The average Bonchev–Trinajstić information content (AvgIpc) is 2.54. The largest absolute Gasteiger partial charge is 0.573 e. The van der Waals surface area contributed by atoms with E-state index in [1.165, 1.54) is 24.3 Å². The molecular formula is C18H21F3N4O. The molecule has 0 unspecified atom stereocenters. The summed E-state index contributed by atoms with van der Waals surface area (Å²) in [5, 5.41) is 2.83. The summed E-state index contributed by atoms with van der Waals surface area (Å²) in [5.41, 5.74) is 9.59. The summed E-state index contributed by atoms with van der Waals surface area (Å²) >= 11 is 0. The maximum absolute atomic E-state index is 12.1. The highest BCUT2D eigenvalue weighted by atomic mass is 19.4. The highest BCUT2D eigenvalue weighted by Gasteiger charge is 2.30. The molecule has 2 rings (SSSR count). The minimum atomic E-state index is -4.71. The van der Waals surface area contributed by atoms with Gasteiger partial charge in [0.25, 0.3) is 0 Å². The van der Waals surface area contributed by atoms with Gasteiger partial charge in [-0.1, -0.05) is 6.07 Å². The zero-order chi connectivity index (χ0) is 19.3. The van der Waals surface area contributed by atoms with Crippen LogP contribution in [-0.2, 0) is 6.54 Å². The number of aryl methyl sites for hydroxylation is 1. The van der Waals surface area contributed by atoms with Crippen LogP contribution in [0.3, 0.4) is 0 Å². The number of nitrogens with two attached hydrogens (primary N) is 1. The highest BCUT2D eigenvalue weighted by Crippen LogP contribution is 2.24. The van der Waals surface area contributed by atoms with Crippen molar-refractivity contribution >= 4 is 17.3 Å². The van der Waals surface area contributed by atoms with Crippen molar-refractivity contribution < 1.29 is 17.9 Å². The summed E-state index contributed by atoms with van der Waals surface area (Å²) in [6.45, 7) is 2.40. The molecular weight excluding hydrogens is 345 g/mol. The molecule has 3 N–H and O–H groups in total. The molecule has 0 atom stereocenters. The third kappa shape index (κ3) is 5.87. The van der Waals surface area contributed by atoms with E-state index in [9.17, 15) is 13.2 Å². The molecule has 0 aliphatic rings. The number of halogens is 3. The Labute approximate surface area is 150 Å². The fourth-order valence-electron chi connectivity index (χ4n) is 2.23. The van der Waals surface area contributed by atoms with Crippen molar-refractivity contribution in [3.05, 3.63) is 53.6 Å². The fraction of sp³-hybridized carbons (Fsp3) is 0.278. The van der Waals surface area contributed by atoms with E-state index in [1.54, 1.807) is 0 Å². The molecule has 0 amide bonds. The monoisotopic (exact) mass is 366 g/mol. The third-order valence-corrected chi connectivity index (χ3v) is 3.62. The van der Waals surface area contributed by atoms with Gasteiger partial charge in [0.05, 0.1) is 6.54 Å². The molecule has 0 bridgehead atoms. The first-order chi connectivity index (χ1) is 12.1. The minimum absolute atomic E-state index is 0.172. The summed E-state index contributed by atoms with van der Waals surface area (Å²) in [6, 6.07) is 11.3. The van der Waals surface area contributed by atoms with Gasteiger partial charge in [-0.3, -0.25) is 0 Å². The molecule has 8 heteroatoms. The molecule has 0 aromatic heterocycles. The van der Waals surface area contributed by atoms with Crippen LogP contribution in [0.5, 0.6) is 5.75 Å². The Morgan fingerprint density at radius 1 is 1.15 bits per heavy atom. The van der Waals surface area contributed by atoms with Crippen molar-refractivity contribution in [2.75, 3.05) is 24.3 Å². The van der Waals surface area contributed by atoms with Crippen LogP contribution in [0.15, 0.2) is 47.5 Å². The van der Waals surface area contributed by atoms with Gasteiger partial charge >= 0.3 is 6.36 Å². The van der Waals surface area contributed by atoms with Crippen LogP contribution in [0, 0.1) is 6.92 Å². The van der Waals surface area contributed by atoms with Crippen LogP contribution in [-0.4, -0.2) is 26.4 Å². The van der Waals surface area contributed by atoms with Gasteiger partial charge in [-0.2, -0.15) is 0 Å². The standard InChI is InChI=1S/C18H21F3N4O/c1-12-10-15(25(2)3)7-4-13(12)11-23-17(22)24-14-5-8-16(9-6-14)26-18(19,20)21/h4-10H,11H2,1-3H3,(H3,22,23,24). The van der Waals surface area contributed by atoms with E-state index in [0.29, 0.717) is 12.2 Å². The Kier molecular flexibility index (Phi) is 5.97. The zero-order valence-electron chi connectivity index (χ0n) is 14.8. The molecule has 0 spiro atoms. The number of ether oxygens (including phenoxy) is 1. The van der Waals surface area contributed by atoms with E-state index in [2.05, 4.69) is 21.1 Å². The predicted octanol–water partition coefficient (Wildman–Crippen LogP) is 3.89. The lowest BCUT2D eigenvalue weighted by atomic mass is 10.1. The van der Waals surface area contributed by atoms with Crippen molar-refractivity contribution in [1.29, 1.82) is 0 Å². The van der Waals surface area contributed by atoms with Crippen LogP contribution in [0.4, 0.5) is 24.5 Å². The molecule has 140 valence electrons. The topological polar surface area (TPSA) is 62.9 Å². The van der Waals surface area contributed by atoms with Gasteiger partial charge in [0.2, 0.25) is 0 Å². The SMILES string of the molecule is Cc1cc(N(C)C)ccc1CN=C(N)Nc1ccc(OC(F)(F)F)cc1. The normalized spacial score (nSPS) is 12.0. The number of benzene rings is 2. The number of anilines is 2. The summed E-state index contributed by atoms with van der Waals surface area (Å²) in [7, 11) is 3.94. The second-order valence-electron chi connectivity index (χ2n) is 5.90. The molecule has 0 saturated heterocycles. The van der Waals surface area contributed by atoms with Crippen LogP contribution >= 0.6 is 0 Å². The zero-order valence-corrected chi connectivity index (χ0v) is 14.8. The maximum atomic E-state index is 12.1.